The van der Waals surface area contributed by atoms with Gasteiger partial charge in [-0.05, 0) is 48.2 Å². The zero-order valence-electron chi connectivity index (χ0n) is 27.5. The van der Waals surface area contributed by atoms with Crippen molar-refractivity contribution in [3.8, 4) is 11.5 Å². The Bertz CT molecular complexity index is 1750. The maximum atomic E-state index is 14.7. The molecule has 5 rings (SSSR count). The summed E-state index contributed by atoms with van der Waals surface area (Å²) in [5.74, 6) is -0.137. The fraction of sp³-hybridized carbons (Fsp3) is 0.316. The van der Waals surface area contributed by atoms with Crippen molar-refractivity contribution < 1.29 is 27.5 Å². The molecule has 0 spiro atoms. The lowest BCUT2D eigenvalue weighted by molar-refractivity contribution is -0.140. The molecule has 48 heavy (non-hydrogen) atoms. The van der Waals surface area contributed by atoms with Crippen molar-refractivity contribution in [1.29, 1.82) is 0 Å². The van der Waals surface area contributed by atoms with Gasteiger partial charge in [-0.25, -0.2) is 8.42 Å². The van der Waals surface area contributed by atoms with E-state index >= 15 is 0 Å². The van der Waals surface area contributed by atoms with Crippen LogP contribution in [0, 0.1) is 0 Å². The number of methoxy groups -OCH3 is 2. The van der Waals surface area contributed by atoms with E-state index in [-0.39, 0.29) is 35.6 Å². The second-order valence-electron chi connectivity index (χ2n) is 11.9. The van der Waals surface area contributed by atoms with Crippen LogP contribution in [0.25, 0.3) is 0 Å². The molecule has 0 bridgehead atoms. The molecule has 4 aromatic carbocycles. The molecule has 0 aliphatic heterocycles. The number of benzene rings is 4. The molecule has 9 nitrogen and oxygen atoms in total. The fourth-order valence-electron chi connectivity index (χ4n) is 6.11. The standard InChI is InChI=1S/C38H43N3O6S/c1-46-35-24-23-33(26-36(35)47-2)48(44,45)41(32-21-13-6-14-22-32)28-37(42)40(27-30-17-9-4-10-18-30)34(25-29-15-7-3-8-16-29)38(43)39-31-19-11-5-12-20-31/h3-4,6-10,13-18,21-24,26,31,34H,5,11-12,19-20,25,27-28H2,1-2H3,(H,39,43). The summed E-state index contributed by atoms with van der Waals surface area (Å²) < 4.78 is 40.5. The highest BCUT2D eigenvalue weighted by molar-refractivity contribution is 7.92. The molecule has 1 fully saturated rings. The van der Waals surface area contributed by atoms with Crippen molar-refractivity contribution in [2.45, 2.75) is 62.0 Å². The van der Waals surface area contributed by atoms with Crippen LogP contribution in [0.3, 0.4) is 0 Å². The minimum absolute atomic E-state index is 0.0319. The Kier molecular flexibility index (Phi) is 11.7. The van der Waals surface area contributed by atoms with E-state index in [1.807, 2.05) is 60.7 Å². The van der Waals surface area contributed by atoms with Crippen LogP contribution in [-0.2, 0) is 32.6 Å². The zero-order valence-corrected chi connectivity index (χ0v) is 28.3. The molecular formula is C38H43N3O6S. The molecule has 1 atom stereocenters. The molecule has 2 amide bonds. The fourth-order valence-corrected chi connectivity index (χ4v) is 7.54. The molecule has 4 aromatic rings. The SMILES string of the molecule is COc1ccc(S(=O)(=O)N(CC(=O)N(Cc2ccccc2)C(Cc2ccccc2)C(=O)NC2CCCCC2)c2ccccc2)cc1OC. The van der Waals surface area contributed by atoms with Crippen molar-refractivity contribution >= 4 is 27.5 Å². The highest BCUT2D eigenvalue weighted by Gasteiger charge is 2.35. The molecule has 1 N–H and O–H groups in total. The van der Waals surface area contributed by atoms with Crippen LogP contribution in [0.2, 0.25) is 0 Å². The second-order valence-corrected chi connectivity index (χ2v) is 13.8. The second kappa shape index (κ2) is 16.3. The maximum Gasteiger partial charge on any atom is 0.264 e. The lowest BCUT2D eigenvalue weighted by Crippen LogP contribution is -2.55. The number of nitrogens with zero attached hydrogens (tertiary/aromatic N) is 2. The van der Waals surface area contributed by atoms with E-state index in [1.165, 1.54) is 37.3 Å². The minimum Gasteiger partial charge on any atom is -0.493 e. The molecule has 10 heteroatoms. The molecule has 1 aliphatic carbocycles. The molecule has 1 aliphatic rings. The number of hydrogen-bond donors (Lipinski definition) is 1. The molecule has 1 saturated carbocycles. The smallest absolute Gasteiger partial charge is 0.264 e. The van der Waals surface area contributed by atoms with Crippen LogP contribution >= 0.6 is 0 Å². The van der Waals surface area contributed by atoms with Crippen molar-refractivity contribution in [3.63, 3.8) is 0 Å². The van der Waals surface area contributed by atoms with Crippen molar-refractivity contribution in [3.05, 3.63) is 120 Å². The minimum atomic E-state index is -4.29. The average Bonchev–Trinajstić information content (AvgIpc) is 3.13. The summed E-state index contributed by atoms with van der Waals surface area (Å²) in [5, 5.41) is 3.23. The Morgan fingerprint density at radius 1 is 0.771 bits per heavy atom. The Hall–Kier alpha value is -4.83. The predicted octanol–water partition coefficient (Wildman–Crippen LogP) is 5.99. The molecular weight excluding hydrogens is 627 g/mol. The van der Waals surface area contributed by atoms with Gasteiger partial charge in [0, 0.05) is 25.1 Å². The Balaban J connectivity index is 1.55. The van der Waals surface area contributed by atoms with Gasteiger partial charge < -0.3 is 19.7 Å². The third-order valence-electron chi connectivity index (χ3n) is 8.68. The third-order valence-corrected chi connectivity index (χ3v) is 10.5. The number of carbonyl (C=O) groups is 2. The van der Waals surface area contributed by atoms with Gasteiger partial charge in [0.25, 0.3) is 10.0 Å². The number of para-hydroxylation sites is 1. The van der Waals surface area contributed by atoms with Crippen LogP contribution in [0.1, 0.15) is 43.2 Å². The molecule has 0 heterocycles. The molecule has 0 radical (unpaired) electrons. The number of sulfonamides is 1. The average molecular weight is 670 g/mol. The van der Waals surface area contributed by atoms with Crippen LogP contribution < -0.4 is 19.1 Å². The van der Waals surface area contributed by atoms with E-state index in [2.05, 4.69) is 5.32 Å². The van der Waals surface area contributed by atoms with Gasteiger partial charge in [0.15, 0.2) is 11.5 Å². The molecule has 252 valence electrons. The van der Waals surface area contributed by atoms with Crippen LogP contribution in [0.5, 0.6) is 11.5 Å². The van der Waals surface area contributed by atoms with E-state index in [4.69, 9.17) is 9.47 Å². The zero-order chi connectivity index (χ0) is 33.9. The lowest BCUT2D eigenvalue weighted by Gasteiger charge is -2.35. The van der Waals surface area contributed by atoms with Gasteiger partial charge in [0.2, 0.25) is 11.8 Å². The monoisotopic (exact) mass is 669 g/mol. The summed E-state index contributed by atoms with van der Waals surface area (Å²) in [5.41, 5.74) is 2.03. The maximum absolute atomic E-state index is 14.7. The Morgan fingerprint density at radius 2 is 1.35 bits per heavy atom. The molecule has 0 saturated heterocycles. The van der Waals surface area contributed by atoms with Gasteiger partial charge in [0.05, 0.1) is 24.8 Å². The van der Waals surface area contributed by atoms with E-state index in [1.54, 1.807) is 30.3 Å². The summed E-state index contributed by atoms with van der Waals surface area (Å²) in [6.07, 6.45) is 5.28. The molecule has 1 unspecified atom stereocenters. The first-order valence-electron chi connectivity index (χ1n) is 16.3. The first-order chi connectivity index (χ1) is 23.3. The summed E-state index contributed by atoms with van der Waals surface area (Å²) >= 11 is 0. The van der Waals surface area contributed by atoms with Crippen molar-refractivity contribution in [2.24, 2.45) is 0 Å². The topological polar surface area (TPSA) is 105 Å². The van der Waals surface area contributed by atoms with E-state index in [9.17, 15) is 18.0 Å². The summed E-state index contributed by atoms with van der Waals surface area (Å²) in [6, 6.07) is 31.0. The first-order valence-corrected chi connectivity index (χ1v) is 17.7. The first kappa shape index (κ1) is 34.5. The summed E-state index contributed by atoms with van der Waals surface area (Å²) in [4.78, 5) is 30.3. The summed E-state index contributed by atoms with van der Waals surface area (Å²) in [7, 11) is -1.39. The Labute approximate surface area is 283 Å². The lowest BCUT2D eigenvalue weighted by atomic mass is 9.94. The summed E-state index contributed by atoms with van der Waals surface area (Å²) in [6.45, 7) is -0.413. The molecule has 0 aromatic heterocycles. The normalized spacial score (nSPS) is 14.0. The van der Waals surface area contributed by atoms with E-state index in [0.29, 0.717) is 11.4 Å². The highest BCUT2D eigenvalue weighted by Crippen LogP contribution is 2.32. The third kappa shape index (κ3) is 8.55. The van der Waals surface area contributed by atoms with Gasteiger partial charge in [-0.15, -0.1) is 0 Å². The van der Waals surface area contributed by atoms with E-state index < -0.39 is 28.5 Å². The van der Waals surface area contributed by atoms with Crippen molar-refractivity contribution in [1.82, 2.24) is 10.2 Å². The van der Waals surface area contributed by atoms with Crippen molar-refractivity contribution in [2.75, 3.05) is 25.1 Å². The largest absolute Gasteiger partial charge is 0.493 e. The van der Waals surface area contributed by atoms with Crippen LogP contribution in [0.15, 0.2) is 114 Å². The number of amides is 2. The van der Waals surface area contributed by atoms with E-state index in [0.717, 1.165) is 47.5 Å². The number of carbonyl (C=O) groups excluding carboxylic acids is 2. The van der Waals surface area contributed by atoms with Gasteiger partial charge in [-0.1, -0.05) is 98.1 Å². The van der Waals surface area contributed by atoms with Gasteiger partial charge in [-0.3, -0.25) is 13.9 Å². The number of hydrogen-bond acceptors (Lipinski definition) is 6. The number of ether oxygens (including phenoxy) is 2. The number of rotatable bonds is 14. The van der Waals surface area contributed by atoms with Crippen LogP contribution in [-0.4, -0.2) is 58.0 Å². The predicted molar refractivity (Wildman–Crippen MR) is 186 cm³/mol. The van der Waals surface area contributed by atoms with Gasteiger partial charge in [-0.2, -0.15) is 0 Å². The quantitative estimate of drug-likeness (QED) is 0.177. The van der Waals surface area contributed by atoms with Gasteiger partial charge >= 0.3 is 0 Å². The highest BCUT2D eigenvalue weighted by atomic mass is 32.2. The number of anilines is 1. The Morgan fingerprint density at radius 3 is 1.96 bits per heavy atom. The van der Waals surface area contributed by atoms with Crippen LogP contribution in [0.4, 0.5) is 5.69 Å². The van der Waals surface area contributed by atoms with Gasteiger partial charge in [0.1, 0.15) is 12.6 Å². The number of nitrogens with one attached hydrogen (secondary N) is 1.